The molecule has 5 heteroatoms. The minimum absolute atomic E-state index is 0.306. The third kappa shape index (κ3) is 1.97. The molecular weight excluding hydrogens is 230 g/mol. The fourth-order valence-corrected chi connectivity index (χ4v) is 2.62. The molecule has 1 aliphatic rings. The van der Waals surface area contributed by atoms with Gasteiger partial charge in [-0.2, -0.15) is 0 Å². The van der Waals surface area contributed by atoms with Gasteiger partial charge in [0.15, 0.2) is 0 Å². The number of nitrogens with one attached hydrogen (secondary N) is 2. The Morgan fingerprint density at radius 2 is 2.33 bits per heavy atom. The summed E-state index contributed by atoms with van der Waals surface area (Å²) >= 11 is 0. The fourth-order valence-electron chi connectivity index (χ4n) is 2.62. The standard InChI is InChI=1S/C13H15N3O2/c17-13(18)12-6-9(3-4-14-12)8-1-2-10-11(5-8)16-7-15-10/h1-2,5,7,9,12,14H,3-4,6H2,(H,15,16)(H,17,18). The lowest BCUT2D eigenvalue weighted by Gasteiger charge is -2.28. The first-order chi connectivity index (χ1) is 8.74. The number of nitrogens with zero attached hydrogens (tertiary/aromatic N) is 1. The molecule has 18 heavy (non-hydrogen) atoms. The van der Waals surface area contributed by atoms with Gasteiger partial charge >= 0.3 is 5.97 Å². The van der Waals surface area contributed by atoms with Crippen LogP contribution in [0.2, 0.25) is 0 Å². The lowest BCUT2D eigenvalue weighted by Crippen LogP contribution is -2.42. The van der Waals surface area contributed by atoms with Crippen molar-refractivity contribution in [2.45, 2.75) is 24.8 Å². The number of fused-ring (bicyclic) bond motifs is 1. The molecule has 1 aromatic carbocycles. The molecule has 0 spiro atoms. The molecule has 0 saturated carbocycles. The molecule has 2 aromatic rings. The van der Waals surface area contributed by atoms with Gasteiger partial charge in [0, 0.05) is 0 Å². The highest BCUT2D eigenvalue weighted by molar-refractivity contribution is 5.76. The fraction of sp³-hybridized carbons (Fsp3) is 0.385. The van der Waals surface area contributed by atoms with E-state index >= 15 is 0 Å². The predicted octanol–water partition coefficient (Wildman–Crippen LogP) is 1.48. The van der Waals surface area contributed by atoms with E-state index in [0.29, 0.717) is 12.3 Å². The average molecular weight is 245 g/mol. The second-order valence-electron chi connectivity index (χ2n) is 4.75. The molecule has 0 radical (unpaired) electrons. The molecule has 3 N–H and O–H groups in total. The van der Waals surface area contributed by atoms with Crippen LogP contribution in [-0.4, -0.2) is 33.6 Å². The van der Waals surface area contributed by atoms with Crippen LogP contribution in [0.25, 0.3) is 11.0 Å². The van der Waals surface area contributed by atoms with Gasteiger partial charge in [0.1, 0.15) is 6.04 Å². The number of benzene rings is 1. The number of piperidine rings is 1. The van der Waals surface area contributed by atoms with E-state index in [1.165, 1.54) is 5.56 Å². The zero-order chi connectivity index (χ0) is 12.5. The Kier molecular flexibility index (Phi) is 2.76. The number of aromatic nitrogens is 2. The average Bonchev–Trinajstić information content (AvgIpc) is 2.86. The number of aliphatic carboxylic acids is 1. The van der Waals surface area contributed by atoms with E-state index in [9.17, 15) is 4.79 Å². The Bertz CT molecular complexity index is 578. The van der Waals surface area contributed by atoms with Crippen LogP contribution in [0.5, 0.6) is 0 Å². The monoisotopic (exact) mass is 245 g/mol. The SMILES string of the molecule is O=C(O)C1CC(c2ccc3nc[nH]c3c2)CCN1. The number of rotatable bonds is 2. The highest BCUT2D eigenvalue weighted by Crippen LogP contribution is 2.29. The maximum atomic E-state index is 11.0. The Morgan fingerprint density at radius 1 is 1.44 bits per heavy atom. The van der Waals surface area contributed by atoms with Crippen molar-refractivity contribution in [2.75, 3.05) is 6.54 Å². The molecule has 2 atom stereocenters. The zero-order valence-electron chi connectivity index (χ0n) is 9.89. The van der Waals surface area contributed by atoms with Crippen LogP contribution >= 0.6 is 0 Å². The highest BCUT2D eigenvalue weighted by Gasteiger charge is 2.27. The summed E-state index contributed by atoms with van der Waals surface area (Å²) in [6.45, 7) is 0.753. The van der Waals surface area contributed by atoms with E-state index in [1.807, 2.05) is 6.07 Å². The number of carboxylic acid groups (broad SMARTS) is 1. The second kappa shape index (κ2) is 4.42. The zero-order valence-corrected chi connectivity index (χ0v) is 9.89. The summed E-state index contributed by atoms with van der Waals surface area (Å²) in [7, 11) is 0. The van der Waals surface area contributed by atoms with Crippen molar-refractivity contribution in [1.29, 1.82) is 0 Å². The third-order valence-electron chi connectivity index (χ3n) is 3.62. The lowest BCUT2D eigenvalue weighted by molar-refractivity contribution is -0.140. The summed E-state index contributed by atoms with van der Waals surface area (Å²) in [4.78, 5) is 18.3. The van der Waals surface area contributed by atoms with Crippen molar-refractivity contribution in [3.63, 3.8) is 0 Å². The van der Waals surface area contributed by atoms with Crippen LogP contribution < -0.4 is 5.32 Å². The number of H-pyrrole nitrogens is 1. The molecule has 2 heterocycles. The summed E-state index contributed by atoms with van der Waals surface area (Å²) in [6, 6.07) is 5.69. The molecule has 5 nitrogen and oxygen atoms in total. The van der Waals surface area contributed by atoms with Gasteiger partial charge in [-0.05, 0) is 43.0 Å². The first-order valence-electron chi connectivity index (χ1n) is 6.13. The van der Waals surface area contributed by atoms with E-state index in [2.05, 4.69) is 27.4 Å². The number of aromatic amines is 1. The Labute approximate surface area is 104 Å². The van der Waals surface area contributed by atoms with Crippen LogP contribution in [-0.2, 0) is 4.79 Å². The number of hydrogen-bond donors (Lipinski definition) is 3. The Balaban J connectivity index is 1.86. The van der Waals surface area contributed by atoms with E-state index in [1.54, 1.807) is 6.33 Å². The highest BCUT2D eigenvalue weighted by atomic mass is 16.4. The molecule has 3 rings (SSSR count). The van der Waals surface area contributed by atoms with Crippen molar-refractivity contribution < 1.29 is 9.90 Å². The molecule has 1 saturated heterocycles. The predicted molar refractivity (Wildman–Crippen MR) is 67.5 cm³/mol. The summed E-state index contributed by atoms with van der Waals surface area (Å²) in [5, 5.41) is 12.1. The van der Waals surface area contributed by atoms with E-state index < -0.39 is 12.0 Å². The molecule has 0 bridgehead atoms. The van der Waals surface area contributed by atoms with Crippen LogP contribution in [0.15, 0.2) is 24.5 Å². The van der Waals surface area contributed by atoms with E-state index in [0.717, 1.165) is 24.0 Å². The van der Waals surface area contributed by atoms with Gasteiger partial charge in [0.2, 0.25) is 0 Å². The lowest BCUT2D eigenvalue weighted by atomic mass is 9.86. The summed E-state index contributed by atoms with van der Waals surface area (Å²) in [5.41, 5.74) is 3.15. The Hall–Kier alpha value is -1.88. The van der Waals surface area contributed by atoms with Crippen molar-refractivity contribution in [3.8, 4) is 0 Å². The van der Waals surface area contributed by atoms with Crippen molar-refractivity contribution in [2.24, 2.45) is 0 Å². The number of carboxylic acids is 1. The molecular formula is C13H15N3O2. The van der Waals surface area contributed by atoms with Crippen molar-refractivity contribution in [3.05, 3.63) is 30.1 Å². The molecule has 1 fully saturated rings. The van der Waals surface area contributed by atoms with Crippen LogP contribution in [0.3, 0.4) is 0 Å². The minimum Gasteiger partial charge on any atom is -0.480 e. The van der Waals surface area contributed by atoms with Gasteiger partial charge in [-0.1, -0.05) is 6.07 Å². The van der Waals surface area contributed by atoms with Gasteiger partial charge in [0.05, 0.1) is 17.4 Å². The quantitative estimate of drug-likeness (QED) is 0.749. The van der Waals surface area contributed by atoms with Crippen LogP contribution in [0, 0.1) is 0 Å². The number of carbonyl (C=O) groups is 1. The van der Waals surface area contributed by atoms with E-state index in [4.69, 9.17) is 5.11 Å². The third-order valence-corrected chi connectivity index (χ3v) is 3.62. The smallest absolute Gasteiger partial charge is 0.320 e. The van der Waals surface area contributed by atoms with Crippen LogP contribution in [0.1, 0.15) is 24.3 Å². The number of hydrogen-bond acceptors (Lipinski definition) is 3. The second-order valence-corrected chi connectivity index (χ2v) is 4.75. The maximum absolute atomic E-state index is 11.0. The van der Waals surface area contributed by atoms with Gasteiger partial charge in [0.25, 0.3) is 0 Å². The van der Waals surface area contributed by atoms with Gasteiger partial charge in [-0.15, -0.1) is 0 Å². The van der Waals surface area contributed by atoms with Crippen LogP contribution in [0.4, 0.5) is 0 Å². The largest absolute Gasteiger partial charge is 0.480 e. The summed E-state index contributed by atoms with van der Waals surface area (Å²) in [5.74, 6) is -0.456. The van der Waals surface area contributed by atoms with Gasteiger partial charge in [-0.3, -0.25) is 4.79 Å². The first kappa shape index (κ1) is 11.2. The molecule has 1 aromatic heterocycles. The normalized spacial score (nSPS) is 24.2. The summed E-state index contributed by atoms with van der Waals surface area (Å²) < 4.78 is 0. The van der Waals surface area contributed by atoms with Crippen molar-refractivity contribution in [1.82, 2.24) is 15.3 Å². The van der Waals surface area contributed by atoms with Crippen molar-refractivity contribution >= 4 is 17.0 Å². The molecule has 94 valence electrons. The molecule has 1 aliphatic heterocycles. The van der Waals surface area contributed by atoms with Gasteiger partial charge in [-0.25, -0.2) is 4.98 Å². The van der Waals surface area contributed by atoms with E-state index in [-0.39, 0.29) is 0 Å². The molecule has 0 amide bonds. The summed E-state index contributed by atoms with van der Waals surface area (Å²) in [6.07, 6.45) is 3.30. The molecule has 0 aliphatic carbocycles. The number of imidazole rings is 1. The topological polar surface area (TPSA) is 78.0 Å². The van der Waals surface area contributed by atoms with Gasteiger partial charge < -0.3 is 15.4 Å². The molecule has 2 unspecified atom stereocenters. The first-order valence-corrected chi connectivity index (χ1v) is 6.13. The maximum Gasteiger partial charge on any atom is 0.320 e. The Morgan fingerprint density at radius 3 is 3.17 bits per heavy atom. The minimum atomic E-state index is -0.762.